The van der Waals surface area contributed by atoms with Crippen molar-refractivity contribution in [3.63, 3.8) is 0 Å². The Bertz CT molecular complexity index is 842. The number of hydrogen-bond donors (Lipinski definition) is 1. The average Bonchev–Trinajstić information content (AvgIpc) is 3.12. The maximum Gasteiger partial charge on any atom is 0.306 e. The lowest BCUT2D eigenvalue weighted by Crippen LogP contribution is -2.28. The lowest BCUT2D eigenvalue weighted by molar-refractivity contribution is -0.161. The van der Waals surface area contributed by atoms with E-state index in [2.05, 4.69) is 62.5 Å². The Morgan fingerprint density at radius 2 is 0.800 bits per heavy atom. The minimum atomic E-state index is -0.791. The number of ether oxygens (including phenoxy) is 2. The molecule has 0 radical (unpaired) electrons. The van der Waals surface area contributed by atoms with Crippen LogP contribution in [0.15, 0.2) is 48.6 Å². The van der Waals surface area contributed by atoms with Crippen molar-refractivity contribution < 1.29 is 24.2 Å². The molecular weight excluding hydrogens is 620 g/mol. The van der Waals surface area contributed by atoms with Gasteiger partial charge in [-0.25, -0.2) is 0 Å². The summed E-state index contributed by atoms with van der Waals surface area (Å²) >= 11 is 0. The van der Waals surface area contributed by atoms with Gasteiger partial charge in [-0.3, -0.25) is 9.59 Å². The molecule has 0 aliphatic heterocycles. The molecule has 0 rings (SSSR count). The molecule has 0 aromatic heterocycles. The number of rotatable bonds is 38. The first-order chi connectivity index (χ1) is 24.6. The first kappa shape index (κ1) is 47.9. The Morgan fingerprint density at radius 1 is 0.460 bits per heavy atom. The molecule has 0 heterocycles. The summed E-state index contributed by atoms with van der Waals surface area (Å²) in [6.07, 6.45) is 51.8. The molecule has 290 valence electrons. The number of allylic oxidation sites excluding steroid dienone is 8. The van der Waals surface area contributed by atoms with E-state index in [9.17, 15) is 14.7 Å². The normalized spacial score (nSPS) is 12.6. The van der Waals surface area contributed by atoms with Crippen LogP contribution in [0.4, 0.5) is 0 Å². The zero-order valence-electron chi connectivity index (χ0n) is 32.9. The Labute approximate surface area is 309 Å². The van der Waals surface area contributed by atoms with Crippen molar-refractivity contribution in [1.29, 1.82) is 0 Å². The van der Waals surface area contributed by atoms with Gasteiger partial charge in [-0.15, -0.1) is 0 Å². The highest BCUT2D eigenvalue weighted by atomic mass is 16.6. The van der Waals surface area contributed by atoms with Crippen LogP contribution in [0, 0.1) is 0 Å². The Balaban J connectivity index is 3.57. The highest BCUT2D eigenvalue weighted by molar-refractivity contribution is 5.70. The summed E-state index contributed by atoms with van der Waals surface area (Å²) in [4.78, 5) is 24.3. The molecule has 0 aromatic rings. The molecule has 50 heavy (non-hydrogen) atoms. The number of esters is 2. The molecule has 0 spiro atoms. The van der Waals surface area contributed by atoms with Gasteiger partial charge in [0.05, 0.1) is 6.61 Å². The van der Waals surface area contributed by atoms with E-state index in [1.165, 1.54) is 128 Å². The molecule has 0 amide bonds. The molecule has 0 unspecified atom stereocenters. The number of aliphatic hydroxyl groups is 1. The Kier molecular flexibility index (Phi) is 39.5. The second kappa shape index (κ2) is 41.3. The van der Waals surface area contributed by atoms with Gasteiger partial charge in [0.2, 0.25) is 0 Å². The van der Waals surface area contributed by atoms with Crippen LogP contribution in [-0.4, -0.2) is 36.4 Å². The van der Waals surface area contributed by atoms with Gasteiger partial charge in [0.25, 0.3) is 0 Å². The van der Waals surface area contributed by atoms with Crippen LogP contribution in [0.5, 0.6) is 0 Å². The van der Waals surface area contributed by atoms with Crippen LogP contribution in [0.2, 0.25) is 0 Å². The largest absolute Gasteiger partial charge is 0.462 e. The first-order valence-corrected chi connectivity index (χ1v) is 21.2. The van der Waals surface area contributed by atoms with Gasteiger partial charge < -0.3 is 14.6 Å². The summed E-state index contributed by atoms with van der Waals surface area (Å²) < 4.78 is 10.6. The van der Waals surface area contributed by atoms with E-state index in [1.54, 1.807) is 0 Å². The highest BCUT2D eigenvalue weighted by Gasteiger charge is 2.16. The zero-order chi connectivity index (χ0) is 36.4. The molecule has 0 saturated carbocycles. The first-order valence-electron chi connectivity index (χ1n) is 21.2. The molecule has 5 nitrogen and oxygen atoms in total. The second-order valence-electron chi connectivity index (χ2n) is 14.1. The van der Waals surface area contributed by atoms with Crippen LogP contribution in [0.25, 0.3) is 0 Å². The lowest BCUT2D eigenvalue weighted by atomic mass is 10.0. The monoisotopic (exact) mass is 701 g/mol. The Hall–Kier alpha value is -2.14. The fourth-order valence-corrected chi connectivity index (χ4v) is 5.85. The number of unbranched alkanes of at least 4 members (excludes halogenated alkanes) is 22. The summed E-state index contributed by atoms with van der Waals surface area (Å²) in [5.41, 5.74) is 0. The van der Waals surface area contributed by atoms with Gasteiger partial charge in [-0.05, 0) is 77.0 Å². The SMILES string of the molecule is CCCCC/C=C\C/C=C\C/C=C\CCCCC(=O)O[C@@H](CO)COC(=O)CCCCCCCCCCCCC/C=C\CCCCCCCC. The number of hydrogen-bond acceptors (Lipinski definition) is 5. The Morgan fingerprint density at radius 3 is 1.30 bits per heavy atom. The number of carbonyl (C=O) groups is 2. The maximum atomic E-state index is 12.2. The van der Waals surface area contributed by atoms with Crippen LogP contribution in [0.3, 0.4) is 0 Å². The molecule has 0 aliphatic rings. The standard InChI is InChI=1S/C45H80O5/c1-3-5-7-9-11-13-15-17-19-20-21-22-23-24-26-27-29-31-33-35-37-39-44(47)49-42-43(41-46)50-45(48)40-38-36-34-32-30-28-25-18-16-14-12-10-8-6-4-2/h12,14,17-19,25,30,32,43,46H,3-11,13,15-16,20-24,26-29,31,33-42H2,1-2H3/b14-12-,19-17-,25-18-,32-30-/t43-/m0/s1. The smallest absolute Gasteiger partial charge is 0.306 e. The molecule has 1 N–H and O–H groups in total. The predicted octanol–water partition coefficient (Wildman–Crippen LogP) is 13.4. The van der Waals surface area contributed by atoms with E-state index < -0.39 is 6.10 Å². The summed E-state index contributed by atoms with van der Waals surface area (Å²) in [6.45, 7) is 4.08. The second-order valence-corrected chi connectivity index (χ2v) is 14.1. The molecule has 1 atom stereocenters. The van der Waals surface area contributed by atoms with Gasteiger partial charge >= 0.3 is 11.9 Å². The van der Waals surface area contributed by atoms with Crippen molar-refractivity contribution in [2.24, 2.45) is 0 Å². The topological polar surface area (TPSA) is 72.8 Å². The number of aliphatic hydroxyl groups excluding tert-OH is 1. The summed E-state index contributed by atoms with van der Waals surface area (Å²) in [6, 6.07) is 0. The van der Waals surface area contributed by atoms with Crippen LogP contribution >= 0.6 is 0 Å². The third-order valence-corrected chi connectivity index (χ3v) is 9.10. The molecule has 0 fully saturated rings. The third-order valence-electron chi connectivity index (χ3n) is 9.10. The van der Waals surface area contributed by atoms with E-state index in [-0.39, 0.29) is 25.2 Å². The van der Waals surface area contributed by atoms with E-state index in [4.69, 9.17) is 9.47 Å². The minimum Gasteiger partial charge on any atom is -0.462 e. The van der Waals surface area contributed by atoms with Gasteiger partial charge in [0.15, 0.2) is 6.10 Å². The third kappa shape index (κ3) is 38.7. The van der Waals surface area contributed by atoms with Crippen molar-refractivity contribution in [2.45, 2.75) is 213 Å². The van der Waals surface area contributed by atoms with E-state index >= 15 is 0 Å². The van der Waals surface area contributed by atoms with E-state index in [1.807, 2.05) is 0 Å². The summed E-state index contributed by atoms with van der Waals surface area (Å²) in [7, 11) is 0. The molecule has 0 aliphatic carbocycles. The number of carbonyl (C=O) groups excluding carboxylic acids is 2. The van der Waals surface area contributed by atoms with Crippen molar-refractivity contribution in [2.75, 3.05) is 13.2 Å². The molecule has 0 bridgehead atoms. The van der Waals surface area contributed by atoms with Gasteiger partial charge in [0, 0.05) is 12.8 Å². The van der Waals surface area contributed by atoms with Crippen molar-refractivity contribution in [3.05, 3.63) is 48.6 Å². The molecular formula is C45H80O5. The highest BCUT2D eigenvalue weighted by Crippen LogP contribution is 2.14. The zero-order valence-corrected chi connectivity index (χ0v) is 32.9. The fourth-order valence-electron chi connectivity index (χ4n) is 5.85. The van der Waals surface area contributed by atoms with Crippen LogP contribution < -0.4 is 0 Å². The average molecular weight is 701 g/mol. The van der Waals surface area contributed by atoms with E-state index in [0.29, 0.717) is 12.8 Å². The summed E-state index contributed by atoms with van der Waals surface area (Å²) in [5.74, 6) is -0.634. The van der Waals surface area contributed by atoms with E-state index in [0.717, 1.165) is 51.4 Å². The van der Waals surface area contributed by atoms with Crippen LogP contribution in [-0.2, 0) is 19.1 Å². The molecule has 0 aromatic carbocycles. The van der Waals surface area contributed by atoms with Gasteiger partial charge in [-0.1, -0.05) is 165 Å². The molecule has 5 heteroatoms. The predicted molar refractivity (Wildman–Crippen MR) is 214 cm³/mol. The lowest BCUT2D eigenvalue weighted by Gasteiger charge is -2.15. The van der Waals surface area contributed by atoms with Gasteiger partial charge in [-0.2, -0.15) is 0 Å². The maximum absolute atomic E-state index is 12.2. The van der Waals surface area contributed by atoms with Crippen molar-refractivity contribution in [3.8, 4) is 0 Å². The molecule has 0 saturated heterocycles. The quantitative estimate of drug-likeness (QED) is 0.0394. The van der Waals surface area contributed by atoms with Gasteiger partial charge in [0.1, 0.15) is 6.61 Å². The van der Waals surface area contributed by atoms with Crippen LogP contribution in [0.1, 0.15) is 206 Å². The van der Waals surface area contributed by atoms with Crippen molar-refractivity contribution >= 4 is 11.9 Å². The fraction of sp³-hybridized carbons (Fsp3) is 0.778. The summed E-state index contributed by atoms with van der Waals surface area (Å²) in [5, 5.41) is 9.56. The minimum absolute atomic E-state index is 0.0814. The van der Waals surface area contributed by atoms with Crippen molar-refractivity contribution in [1.82, 2.24) is 0 Å².